The molecule has 0 unspecified atom stereocenters. The summed E-state index contributed by atoms with van der Waals surface area (Å²) in [5.74, 6) is -0.338. The second kappa shape index (κ2) is 8.13. The van der Waals surface area contributed by atoms with Crippen molar-refractivity contribution in [1.82, 2.24) is 5.32 Å². The third kappa shape index (κ3) is 5.14. The van der Waals surface area contributed by atoms with Crippen LogP contribution in [0.1, 0.15) is 46.5 Å². The van der Waals surface area contributed by atoms with Crippen molar-refractivity contribution in [1.29, 1.82) is 0 Å². The van der Waals surface area contributed by atoms with Crippen molar-refractivity contribution in [2.45, 2.75) is 52.5 Å². The fourth-order valence-electron chi connectivity index (χ4n) is 1.38. The Morgan fingerprint density at radius 3 is 2.38 bits per heavy atom. The van der Waals surface area contributed by atoms with Gasteiger partial charge < -0.3 is 10.1 Å². The highest BCUT2D eigenvalue weighted by Gasteiger charge is 2.26. The second-order valence-corrected chi connectivity index (χ2v) is 4.06. The Bertz CT molecular complexity index is 228. The van der Waals surface area contributed by atoms with E-state index in [1.54, 1.807) is 0 Å². The highest BCUT2D eigenvalue weighted by atomic mass is 16.5. The van der Waals surface area contributed by atoms with Crippen LogP contribution < -0.4 is 5.32 Å². The van der Waals surface area contributed by atoms with Crippen LogP contribution in [-0.4, -0.2) is 25.0 Å². The molecule has 0 bridgehead atoms. The van der Waals surface area contributed by atoms with Crippen molar-refractivity contribution in [3.63, 3.8) is 0 Å². The Morgan fingerprint density at radius 1 is 1.31 bits per heavy atom. The van der Waals surface area contributed by atoms with Crippen LogP contribution in [0.3, 0.4) is 0 Å². The van der Waals surface area contributed by atoms with Crippen molar-refractivity contribution in [3.8, 4) is 0 Å². The van der Waals surface area contributed by atoms with Gasteiger partial charge in [0.05, 0.1) is 7.11 Å². The highest BCUT2D eigenvalue weighted by Crippen LogP contribution is 2.09. The first-order valence-electron chi connectivity index (χ1n) is 5.93. The van der Waals surface area contributed by atoms with Crippen molar-refractivity contribution >= 4 is 11.9 Å². The molecule has 0 aromatic rings. The molecule has 0 heterocycles. The van der Waals surface area contributed by atoms with Gasteiger partial charge >= 0.3 is 5.97 Å². The smallest absolute Gasteiger partial charge is 0.328 e. The predicted octanol–water partition coefficient (Wildman–Crippen LogP) is 1.88. The molecule has 2 atom stereocenters. The second-order valence-electron chi connectivity index (χ2n) is 4.06. The number of unbranched alkanes of at least 4 members (excludes halogenated alkanes) is 1. The summed E-state index contributed by atoms with van der Waals surface area (Å²) in [6.07, 6.45) is 3.12. The van der Waals surface area contributed by atoms with E-state index in [2.05, 4.69) is 10.1 Å². The summed E-state index contributed by atoms with van der Waals surface area (Å²) in [6, 6.07) is -0.514. The van der Waals surface area contributed by atoms with E-state index in [4.69, 9.17) is 0 Å². The van der Waals surface area contributed by atoms with Gasteiger partial charge in [-0.25, -0.2) is 4.79 Å². The number of methoxy groups -OCH3 is 1. The Labute approximate surface area is 97.7 Å². The molecule has 0 aromatic heterocycles. The molecule has 0 aliphatic rings. The Kier molecular flexibility index (Phi) is 7.60. The third-order valence-corrected chi connectivity index (χ3v) is 2.74. The Morgan fingerprint density at radius 2 is 1.94 bits per heavy atom. The lowest BCUT2D eigenvalue weighted by molar-refractivity contribution is -0.146. The van der Waals surface area contributed by atoms with Gasteiger partial charge in [0.2, 0.25) is 5.91 Å². The number of rotatable bonds is 7. The summed E-state index contributed by atoms with van der Waals surface area (Å²) >= 11 is 0. The van der Waals surface area contributed by atoms with E-state index in [-0.39, 0.29) is 17.8 Å². The van der Waals surface area contributed by atoms with E-state index in [9.17, 15) is 9.59 Å². The fourth-order valence-corrected chi connectivity index (χ4v) is 1.38. The number of hydrogen-bond donors (Lipinski definition) is 1. The first-order chi connectivity index (χ1) is 7.56. The largest absolute Gasteiger partial charge is 0.467 e. The number of esters is 1. The molecule has 0 rings (SSSR count). The number of nitrogens with one attached hydrogen (secondary N) is 1. The van der Waals surface area contributed by atoms with Crippen molar-refractivity contribution in [2.75, 3.05) is 7.11 Å². The number of carbonyl (C=O) groups is 2. The van der Waals surface area contributed by atoms with E-state index < -0.39 is 6.04 Å². The minimum atomic E-state index is -0.514. The lowest BCUT2D eigenvalue weighted by Gasteiger charge is -2.21. The molecule has 1 N–H and O–H groups in total. The minimum absolute atomic E-state index is 0.0717. The molecule has 0 aliphatic carbocycles. The Hall–Kier alpha value is -1.06. The zero-order chi connectivity index (χ0) is 12.6. The third-order valence-electron chi connectivity index (χ3n) is 2.74. The molecule has 0 fully saturated rings. The van der Waals surface area contributed by atoms with Gasteiger partial charge in [-0.1, -0.05) is 33.6 Å². The molecule has 4 nitrogen and oxygen atoms in total. The van der Waals surface area contributed by atoms with Crippen LogP contribution in [-0.2, 0) is 14.3 Å². The van der Waals surface area contributed by atoms with Crippen LogP contribution >= 0.6 is 0 Å². The monoisotopic (exact) mass is 229 g/mol. The highest BCUT2D eigenvalue weighted by molar-refractivity contribution is 5.84. The molecule has 0 saturated carbocycles. The van der Waals surface area contributed by atoms with Crippen LogP contribution in [0.25, 0.3) is 0 Å². The van der Waals surface area contributed by atoms with Crippen LogP contribution in [0, 0.1) is 5.92 Å². The van der Waals surface area contributed by atoms with Gasteiger partial charge in [-0.3, -0.25) is 4.79 Å². The summed E-state index contributed by atoms with van der Waals surface area (Å²) in [5.41, 5.74) is 0. The molecular formula is C12H23NO3. The van der Waals surface area contributed by atoms with Gasteiger partial charge in [0.1, 0.15) is 6.04 Å². The van der Waals surface area contributed by atoms with E-state index in [1.165, 1.54) is 7.11 Å². The molecule has 0 aromatic carbocycles. The van der Waals surface area contributed by atoms with E-state index in [1.807, 2.05) is 20.8 Å². The van der Waals surface area contributed by atoms with Gasteiger partial charge in [0, 0.05) is 6.42 Å². The van der Waals surface area contributed by atoms with E-state index in [0.29, 0.717) is 6.42 Å². The van der Waals surface area contributed by atoms with Gasteiger partial charge in [-0.2, -0.15) is 0 Å². The predicted molar refractivity (Wildman–Crippen MR) is 62.9 cm³/mol. The van der Waals surface area contributed by atoms with Crippen LogP contribution in [0.15, 0.2) is 0 Å². The fraction of sp³-hybridized carbons (Fsp3) is 0.833. The van der Waals surface area contributed by atoms with Crippen LogP contribution in [0.5, 0.6) is 0 Å². The average molecular weight is 229 g/mol. The maximum Gasteiger partial charge on any atom is 0.328 e. The summed E-state index contributed by atoms with van der Waals surface area (Å²) in [5, 5.41) is 2.74. The number of ether oxygens (including phenoxy) is 1. The molecule has 4 heteroatoms. The SMILES string of the molecule is CCCCC(=O)N[C@H](C(=O)OC)[C@@H](C)CC. The minimum Gasteiger partial charge on any atom is -0.467 e. The van der Waals surface area contributed by atoms with Crippen LogP contribution in [0.4, 0.5) is 0 Å². The van der Waals surface area contributed by atoms with Gasteiger partial charge in [0.15, 0.2) is 0 Å². The molecule has 1 amide bonds. The maximum absolute atomic E-state index is 11.5. The zero-order valence-electron chi connectivity index (χ0n) is 10.7. The average Bonchev–Trinajstić information content (AvgIpc) is 2.31. The summed E-state index contributed by atoms with van der Waals surface area (Å²) in [4.78, 5) is 23.0. The normalized spacial score (nSPS) is 14.0. The van der Waals surface area contributed by atoms with Crippen molar-refractivity contribution < 1.29 is 14.3 Å². The van der Waals surface area contributed by atoms with Gasteiger partial charge in [-0.15, -0.1) is 0 Å². The van der Waals surface area contributed by atoms with Crippen LogP contribution in [0.2, 0.25) is 0 Å². The molecule has 0 spiro atoms. The molecule has 0 saturated heterocycles. The van der Waals surface area contributed by atoms with Gasteiger partial charge in [0.25, 0.3) is 0 Å². The van der Waals surface area contributed by atoms with Crippen molar-refractivity contribution in [3.05, 3.63) is 0 Å². The number of carbonyl (C=O) groups excluding carboxylic acids is 2. The zero-order valence-corrected chi connectivity index (χ0v) is 10.7. The van der Waals surface area contributed by atoms with E-state index >= 15 is 0 Å². The number of hydrogen-bond acceptors (Lipinski definition) is 3. The first-order valence-corrected chi connectivity index (χ1v) is 5.93. The molecule has 94 valence electrons. The standard InChI is InChI=1S/C12H23NO3/c1-5-7-8-10(14)13-11(9(3)6-2)12(15)16-4/h9,11H,5-8H2,1-4H3,(H,13,14)/t9-,11-/m0/s1. The van der Waals surface area contributed by atoms with E-state index in [0.717, 1.165) is 19.3 Å². The first kappa shape index (κ1) is 14.9. The number of amides is 1. The molecular weight excluding hydrogens is 206 g/mol. The molecule has 16 heavy (non-hydrogen) atoms. The Balaban J connectivity index is 4.31. The lowest BCUT2D eigenvalue weighted by Crippen LogP contribution is -2.45. The van der Waals surface area contributed by atoms with Gasteiger partial charge in [-0.05, 0) is 12.3 Å². The molecule has 0 aliphatic heterocycles. The van der Waals surface area contributed by atoms with Crippen molar-refractivity contribution in [2.24, 2.45) is 5.92 Å². The summed E-state index contributed by atoms with van der Waals surface area (Å²) in [7, 11) is 1.34. The quantitative estimate of drug-likeness (QED) is 0.678. The maximum atomic E-state index is 11.5. The summed E-state index contributed by atoms with van der Waals surface area (Å²) < 4.78 is 4.69. The lowest BCUT2D eigenvalue weighted by atomic mass is 9.99. The topological polar surface area (TPSA) is 55.4 Å². The summed E-state index contributed by atoms with van der Waals surface area (Å²) in [6.45, 7) is 5.94. The molecule has 0 radical (unpaired) electrons.